The van der Waals surface area contributed by atoms with Crippen LogP contribution in [0.3, 0.4) is 0 Å². The molecule has 1 atom stereocenters. The predicted octanol–water partition coefficient (Wildman–Crippen LogP) is 0.816. The Morgan fingerprint density at radius 2 is 1.95 bits per heavy atom. The van der Waals surface area contributed by atoms with E-state index in [4.69, 9.17) is 9.47 Å². The average Bonchev–Trinajstić information content (AvgIpc) is 2.83. The number of morpholine rings is 1. The van der Waals surface area contributed by atoms with Gasteiger partial charge in [-0.25, -0.2) is 0 Å². The van der Waals surface area contributed by atoms with E-state index >= 15 is 0 Å². The molecule has 6 heteroatoms. The number of carbonyl (C=O) groups excluding carboxylic acids is 1. The average molecular weight is 305 g/mol. The zero-order chi connectivity index (χ0) is 13.1. The lowest BCUT2D eigenvalue weighted by Crippen LogP contribution is -2.42. The first-order chi connectivity index (χ1) is 9.27. The number of rotatable bonds is 2. The molecular weight excluding hydrogens is 280 g/mol. The monoisotopic (exact) mass is 304 g/mol. The quantitative estimate of drug-likeness (QED) is 0.820. The summed E-state index contributed by atoms with van der Waals surface area (Å²) < 4.78 is 11.3. The van der Waals surface area contributed by atoms with Gasteiger partial charge in [0.2, 0.25) is 5.91 Å². The minimum absolute atomic E-state index is 0. The van der Waals surface area contributed by atoms with E-state index in [1.165, 1.54) is 0 Å². The molecule has 1 spiro atoms. The molecule has 0 aromatic carbocycles. The molecule has 0 radical (unpaired) electrons. The summed E-state index contributed by atoms with van der Waals surface area (Å²) in [6.45, 7) is 5.72. The molecule has 0 aliphatic carbocycles. The minimum atomic E-state index is 0. The molecule has 1 amide bonds. The van der Waals surface area contributed by atoms with Gasteiger partial charge in [0, 0.05) is 19.5 Å². The van der Waals surface area contributed by atoms with E-state index in [1.807, 2.05) is 4.90 Å². The number of nitrogens with zero attached hydrogens (tertiary/aromatic N) is 1. The molecule has 3 aliphatic rings. The van der Waals surface area contributed by atoms with E-state index in [1.54, 1.807) is 0 Å². The van der Waals surface area contributed by atoms with Gasteiger partial charge in [-0.1, -0.05) is 0 Å². The van der Waals surface area contributed by atoms with Crippen molar-refractivity contribution in [1.29, 1.82) is 0 Å². The fraction of sp³-hybridized carbons (Fsp3) is 0.929. The maximum atomic E-state index is 12.2. The highest BCUT2D eigenvalue weighted by Crippen LogP contribution is 2.38. The molecule has 3 aliphatic heterocycles. The molecule has 1 unspecified atom stereocenters. The minimum Gasteiger partial charge on any atom is -0.378 e. The van der Waals surface area contributed by atoms with E-state index in [-0.39, 0.29) is 23.9 Å². The molecular formula is C14H25ClN2O3. The third kappa shape index (κ3) is 3.64. The molecule has 0 aromatic rings. The van der Waals surface area contributed by atoms with Crippen LogP contribution in [0, 0.1) is 5.92 Å². The highest BCUT2D eigenvalue weighted by molar-refractivity contribution is 5.85. The van der Waals surface area contributed by atoms with E-state index in [0.29, 0.717) is 25.6 Å². The number of carbonyl (C=O) groups is 1. The Morgan fingerprint density at radius 3 is 2.65 bits per heavy atom. The molecule has 1 N–H and O–H groups in total. The summed E-state index contributed by atoms with van der Waals surface area (Å²) in [6, 6.07) is 0. The van der Waals surface area contributed by atoms with Crippen LogP contribution >= 0.6 is 12.4 Å². The van der Waals surface area contributed by atoms with Crippen molar-refractivity contribution in [1.82, 2.24) is 10.2 Å². The Morgan fingerprint density at radius 1 is 1.25 bits per heavy atom. The van der Waals surface area contributed by atoms with Crippen molar-refractivity contribution in [3.8, 4) is 0 Å². The van der Waals surface area contributed by atoms with E-state index in [0.717, 1.165) is 52.0 Å². The second kappa shape index (κ2) is 7.07. The third-order valence-corrected chi connectivity index (χ3v) is 4.63. The highest BCUT2D eigenvalue weighted by atomic mass is 35.5. The second-order valence-electron chi connectivity index (χ2n) is 6.01. The van der Waals surface area contributed by atoms with Gasteiger partial charge < -0.3 is 19.7 Å². The van der Waals surface area contributed by atoms with Crippen molar-refractivity contribution in [2.24, 2.45) is 5.92 Å². The van der Waals surface area contributed by atoms with Crippen molar-refractivity contribution >= 4 is 18.3 Å². The van der Waals surface area contributed by atoms with Gasteiger partial charge in [-0.2, -0.15) is 0 Å². The van der Waals surface area contributed by atoms with Crippen LogP contribution in [-0.2, 0) is 14.3 Å². The summed E-state index contributed by atoms with van der Waals surface area (Å²) >= 11 is 0. The first kappa shape index (κ1) is 16.0. The topological polar surface area (TPSA) is 50.8 Å². The summed E-state index contributed by atoms with van der Waals surface area (Å²) in [5.74, 6) is 0.691. The number of hydrogen-bond acceptors (Lipinski definition) is 4. The number of hydrogen-bond donors (Lipinski definition) is 1. The van der Waals surface area contributed by atoms with Gasteiger partial charge in [-0.05, 0) is 38.3 Å². The van der Waals surface area contributed by atoms with Gasteiger partial charge in [-0.3, -0.25) is 4.79 Å². The first-order valence-corrected chi connectivity index (χ1v) is 7.48. The predicted molar refractivity (Wildman–Crippen MR) is 78.2 cm³/mol. The molecule has 20 heavy (non-hydrogen) atoms. The van der Waals surface area contributed by atoms with Crippen LogP contribution in [0.4, 0.5) is 0 Å². The highest BCUT2D eigenvalue weighted by Gasteiger charge is 2.41. The van der Waals surface area contributed by atoms with Gasteiger partial charge in [0.1, 0.15) is 0 Å². The Labute approximate surface area is 126 Å². The van der Waals surface area contributed by atoms with Crippen molar-refractivity contribution in [2.45, 2.75) is 31.3 Å². The molecule has 3 rings (SSSR count). The zero-order valence-electron chi connectivity index (χ0n) is 11.9. The maximum absolute atomic E-state index is 12.2. The van der Waals surface area contributed by atoms with Crippen LogP contribution in [0.15, 0.2) is 0 Å². The summed E-state index contributed by atoms with van der Waals surface area (Å²) in [5.41, 5.74) is 0.0706. The van der Waals surface area contributed by atoms with Crippen LogP contribution in [0.5, 0.6) is 0 Å². The lowest BCUT2D eigenvalue weighted by molar-refractivity contribution is -0.136. The lowest BCUT2D eigenvalue weighted by atomic mass is 9.85. The van der Waals surface area contributed by atoms with Crippen molar-refractivity contribution in [3.63, 3.8) is 0 Å². The standard InChI is InChI=1S/C14H24N2O3.ClH/c17-13(16-5-7-18-8-6-16)9-12-10-14(19-11-12)1-3-15-4-2-14;/h12,15H,1-11H2;1H. The molecule has 0 aromatic heterocycles. The first-order valence-electron chi connectivity index (χ1n) is 7.48. The summed E-state index contributed by atoms with van der Waals surface area (Å²) in [7, 11) is 0. The lowest BCUT2D eigenvalue weighted by Gasteiger charge is -2.33. The van der Waals surface area contributed by atoms with E-state index in [2.05, 4.69) is 5.32 Å². The van der Waals surface area contributed by atoms with E-state index in [9.17, 15) is 4.79 Å². The summed E-state index contributed by atoms with van der Waals surface area (Å²) in [6.07, 6.45) is 3.89. The fourth-order valence-corrected chi connectivity index (χ4v) is 3.49. The Bertz CT molecular complexity index is 328. The Balaban J connectivity index is 0.00000147. The summed E-state index contributed by atoms with van der Waals surface area (Å²) in [4.78, 5) is 14.2. The van der Waals surface area contributed by atoms with Crippen molar-refractivity contribution in [2.75, 3.05) is 46.0 Å². The molecule has 0 saturated carbocycles. The number of halogens is 1. The number of ether oxygens (including phenoxy) is 2. The molecule has 5 nitrogen and oxygen atoms in total. The smallest absolute Gasteiger partial charge is 0.223 e. The SMILES string of the molecule is Cl.O=C(CC1COC2(CCNCC2)C1)N1CCOCC1. The zero-order valence-corrected chi connectivity index (χ0v) is 12.8. The van der Waals surface area contributed by atoms with Crippen LogP contribution < -0.4 is 5.32 Å². The number of amides is 1. The Hall–Kier alpha value is -0.360. The van der Waals surface area contributed by atoms with Gasteiger partial charge in [0.25, 0.3) is 0 Å². The van der Waals surface area contributed by atoms with Crippen LogP contribution in [0.2, 0.25) is 0 Å². The largest absolute Gasteiger partial charge is 0.378 e. The summed E-state index contributed by atoms with van der Waals surface area (Å²) in [5, 5.41) is 3.37. The van der Waals surface area contributed by atoms with Crippen molar-refractivity contribution < 1.29 is 14.3 Å². The van der Waals surface area contributed by atoms with Crippen LogP contribution in [0.25, 0.3) is 0 Å². The van der Waals surface area contributed by atoms with Crippen LogP contribution in [-0.4, -0.2) is 62.4 Å². The normalized spacial score (nSPS) is 29.2. The molecule has 3 heterocycles. The van der Waals surface area contributed by atoms with Crippen molar-refractivity contribution in [3.05, 3.63) is 0 Å². The van der Waals surface area contributed by atoms with E-state index < -0.39 is 0 Å². The second-order valence-corrected chi connectivity index (χ2v) is 6.01. The molecule has 3 saturated heterocycles. The molecule has 3 fully saturated rings. The fourth-order valence-electron chi connectivity index (χ4n) is 3.49. The number of piperidine rings is 1. The van der Waals surface area contributed by atoms with Crippen LogP contribution in [0.1, 0.15) is 25.7 Å². The molecule has 116 valence electrons. The maximum Gasteiger partial charge on any atom is 0.223 e. The third-order valence-electron chi connectivity index (χ3n) is 4.63. The number of nitrogens with one attached hydrogen (secondary N) is 1. The Kier molecular flexibility index (Phi) is 5.66. The van der Waals surface area contributed by atoms with Gasteiger partial charge in [0.15, 0.2) is 0 Å². The van der Waals surface area contributed by atoms with Gasteiger partial charge in [-0.15, -0.1) is 12.4 Å². The molecule has 0 bridgehead atoms. The van der Waals surface area contributed by atoms with Gasteiger partial charge >= 0.3 is 0 Å². The van der Waals surface area contributed by atoms with Gasteiger partial charge in [0.05, 0.1) is 25.4 Å².